The summed E-state index contributed by atoms with van der Waals surface area (Å²) in [5.74, 6) is -2.06. The zero-order valence-electron chi connectivity index (χ0n) is 32.3. The fourth-order valence-corrected chi connectivity index (χ4v) is 11.4. The first-order valence-electron chi connectivity index (χ1n) is 20.0. The molecule has 5 aliphatic rings. The van der Waals surface area contributed by atoms with E-state index < -0.39 is 40.4 Å². The smallest absolute Gasteiger partial charge is 0.335 e. The fourth-order valence-electron chi connectivity index (χ4n) is 11.4. The maximum atomic E-state index is 12.9. The third-order valence-electron chi connectivity index (χ3n) is 14.0. The number of rotatable bonds is 16. The number of hydrogen-bond donors (Lipinski definition) is 5. The van der Waals surface area contributed by atoms with E-state index in [4.69, 9.17) is 30.1 Å². The molecule has 0 unspecified atom stereocenters. The molecule has 5 fully saturated rings. The monoisotopic (exact) mass is 770 g/mol. The summed E-state index contributed by atoms with van der Waals surface area (Å²) in [6, 6.07) is 2.18. The number of fused-ring (bicyclic) bond motifs is 3. The maximum absolute atomic E-state index is 12.9. The molecule has 1 spiro atoms. The maximum Gasteiger partial charge on any atom is 0.335 e. The van der Waals surface area contributed by atoms with E-state index in [1.807, 2.05) is 0 Å². The van der Waals surface area contributed by atoms with Crippen LogP contribution in [-0.2, 0) is 33.4 Å². The average Bonchev–Trinajstić information content (AvgIpc) is 3.82. The number of nitrogens with two attached hydrogens (primary N) is 2. The number of nitrogens with one attached hydrogen (secondary N) is 1. The van der Waals surface area contributed by atoms with Crippen molar-refractivity contribution in [1.82, 2.24) is 5.32 Å². The molecule has 0 bridgehead atoms. The number of esters is 2. The molecule has 6 rings (SSSR count). The molecule has 7 N–H and O–H groups in total. The number of aliphatic imine (C=N–C) groups is 1. The van der Waals surface area contributed by atoms with Gasteiger partial charge in [0.25, 0.3) is 0 Å². The lowest BCUT2D eigenvalue weighted by molar-refractivity contribution is -0.228. The van der Waals surface area contributed by atoms with Crippen LogP contribution in [0.5, 0.6) is 0 Å². The van der Waals surface area contributed by atoms with E-state index in [0.29, 0.717) is 51.4 Å². The summed E-state index contributed by atoms with van der Waals surface area (Å²) in [6.45, 7) is 6.10. The number of nitrogens with zero attached hydrogens (tertiary/aromatic N) is 1. The van der Waals surface area contributed by atoms with Crippen molar-refractivity contribution in [3.63, 3.8) is 0 Å². The van der Waals surface area contributed by atoms with Crippen molar-refractivity contribution in [1.29, 1.82) is 0 Å². The lowest BCUT2D eigenvalue weighted by Crippen LogP contribution is -2.65. The number of carboxylic acids is 1. The van der Waals surface area contributed by atoms with E-state index >= 15 is 0 Å². The Labute approximate surface area is 321 Å². The predicted molar refractivity (Wildman–Crippen MR) is 198 cm³/mol. The van der Waals surface area contributed by atoms with Crippen LogP contribution in [0.3, 0.4) is 0 Å². The van der Waals surface area contributed by atoms with E-state index in [0.717, 1.165) is 31.2 Å². The number of amides is 1. The molecule has 1 aromatic rings. The van der Waals surface area contributed by atoms with Gasteiger partial charge >= 0.3 is 23.5 Å². The molecule has 1 saturated heterocycles. The number of unbranched alkanes of at least 4 members (excludes halogenated alkanes) is 3. The highest BCUT2D eigenvalue weighted by atomic mass is 16.7. The quantitative estimate of drug-likeness (QED) is 0.0532. The minimum atomic E-state index is -1.11. The van der Waals surface area contributed by atoms with Gasteiger partial charge in [-0.1, -0.05) is 26.7 Å². The van der Waals surface area contributed by atoms with Crippen LogP contribution in [-0.4, -0.2) is 82.1 Å². The summed E-state index contributed by atoms with van der Waals surface area (Å²) in [5, 5.41) is 24.3. The molecule has 15 heteroatoms. The summed E-state index contributed by atoms with van der Waals surface area (Å²) in [5.41, 5.74) is 8.65. The average molecular weight is 771 g/mol. The van der Waals surface area contributed by atoms with Gasteiger partial charge in [-0.3, -0.25) is 19.4 Å². The SMILES string of the molecule is CC(=O)O[C@H]1[C@H]2O[C@]23[C@@H]2CC[C@]4(O)C[C@@H](OC(=O)CCCCCCC(=O)N[C@@H](CCCN=C(N)N)C(=O)O)CC[C@]4(C)[C@H]2CC[C@]3(C)[C@H]1c1ccc(=O)oc1. The molecule has 11 atom stereocenters. The Morgan fingerprint density at radius 2 is 1.67 bits per heavy atom. The molecule has 15 nitrogen and oxygen atoms in total. The molecule has 0 aromatic carbocycles. The Morgan fingerprint density at radius 1 is 0.964 bits per heavy atom. The van der Waals surface area contributed by atoms with Gasteiger partial charge in [0.15, 0.2) is 5.96 Å². The number of carbonyl (C=O) groups is 4. The van der Waals surface area contributed by atoms with Crippen LogP contribution >= 0.6 is 0 Å². The zero-order chi connectivity index (χ0) is 39.8. The molecular weight excluding hydrogens is 712 g/mol. The van der Waals surface area contributed by atoms with Crippen LogP contribution in [0.4, 0.5) is 0 Å². The highest BCUT2D eigenvalue weighted by Crippen LogP contribution is 2.78. The van der Waals surface area contributed by atoms with Crippen molar-refractivity contribution in [3.8, 4) is 0 Å². The number of aliphatic carboxylic acids is 1. The van der Waals surface area contributed by atoms with E-state index in [1.165, 1.54) is 19.3 Å². The Balaban J connectivity index is 0.975. The molecule has 304 valence electrons. The Morgan fingerprint density at radius 3 is 2.35 bits per heavy atom. The molecule has 0 radical (unpaired) electrons. The van der Waals surface area contributed by atoms with Gasteiger partial charge in [-0.15, -0.1) is 0 Å². The number of ether oxygens (including phenoxy) is 3. The first kappa shape index (κ1) is 40.7. The number of guanidine groups is 1. The van der Waals surface area contributed by atoms with Gasteiger partial charge in [-0.25, -0.2) is 9.59 Å². The topological polar surface area (TPSA) is 246 Å². The number of carboxylic acid groups (broad SMARTS) is 1. The summed E-state index contributed by atoms with van der Waals surface area (Å²) < 4.78 is 23.9. The molecule has 1 aliphatic heterocycles. The second kappa shape index (κ2) is 15.9. The van der Waals surface area contributed by atoms with Gasteiger partial charge in [0.05, 0.1) is 11.9 Å². The standard InChI is InChI=1S/C40H58N4O11/c1-23(45)53-33-32(24-12-13-30(47)52-22-24)38(3)18-15-26-27(40(38)34(33)55-40)16-19-39(51)21-25(14-17-37(26,39)2)54-31(48)11-7-5-4-6-10-29(46)44-28(35(49)50)9-8-20-43-36(41)42/h12-13,22,25-28,32-34,51H,4-11,14-21H2,1-3H3,(H,44,46)(H,49,50)(H4,41,42,43)/t25-,26-,27+,28-,32-,33+,34+,37+,38+,39-,40+/m0/s1. The van der Waals surface area contributed by atoms with Crippen molar-refractivity contribution in [2.24, 2.45) is 39.1 Å². The summed E-state index contributed by atoms with van der Waals surface area (Å²) >= 11 is 0. The summed E-state index contributed by atoms with van der Waals surface area (Å²) in [6.07, 6.45) is 8.71. The number of epoxide rings is 1. The molecule has 55 heavy (non-hydrogen) atoms. The van der Waals surface area contributed by atoms with E-state index in [9.17, 15) is 34.2 Å². The van der Waals surface area contributed by atoms with E-state index in [1.54, 1.807) is 6.07 Å². The Hall–Kier alpha value is -3.98. The lowest BCUT2D eigenvalue weighted by atomic mass is 9.42. The van der Waals surface area contributed by atoms with E-state index in [-0.39, 0.29) is 85.0 Å². The minimum absolute atomic E-state index is 0.0662. The highest BCUT2D eigenvalue weighted by molar-refractivity contribution is 5.83. The van der Waals surface area contributed by atoms with Gasteiger partial charge in [-0.2, -0.15) is 0 Å². The third kappa shape index (κ3) is 7.75. The minimum Gasteiger partial charge on any atom is -0.480 e. The molecular formula is C40H58N4O11. The Kier molecular flexibility index (Phi) is 11.7. The largest absolute Gasteiger partial charge is 0.480 e. The van der Waals surface area contributed by atoms with Crippen LogP contribution in [0.25, 0.3) is 0 Å². The van der Waals surface area contributed by atoms with Gasteiger partial charge in [0, 0.05) is 50.1 Å². The van der Waals surface area contributed by atoms with Gasteiger partial charge < -0.3 is 45.6 Å². The fraction of sp³-hybridized carbons (Fsp3) is 0.750. The number of hydrogen-bond acceptors (Lipinski definition) is 11. The first-order valence-corrected chi connectivity index (χ1v) is 20.0. The van der Waals surface area contributed by atoms with Crippen LogP contribution in [0.2, 0.25) is 0 Å². The molecule has 1 amide bonds. The van der Waals surface area contributed by atoms with E-state index in [2.05, 4.69) is 24.2 Å². The van der Waals surface area contributed by atoms with Gasteiger partial charge in [0.1, 0.15) is 30.0 Å². The third-order valence-corrected chi connectivity index (χ3v) is 14.0. The molecule has 1 aromatic heterocycles. The summed E-state index contributed by atoms with van der Waals surface area (Å²) in [4.78, 5) is 64.7. The molecule has 4 aliphatic carbocycles. The van der Waals surface area contributed by atoms with Crippen LogP contribution in [0.1, 0.15) is 129 Å². The Bertz CT molecular complexity index is 1690. The van der Waals surface area contributed by atoms with Crippen molar-refractivity contribution >= 4 is 29.8 Å². The van der Waals surface area contributed by atoms with Crippen LogP contribution in [0, 0.1) is 22.7 Å². The number of aliphatic hydroxyl groups is 1. The van der Waals surface area contributed by atoms with Crippen molar-refractivity contribution in [3.05, 3.63) is 34.4 Å². The normalized spacial score (nSPS) is 36.1. The number of carbonyl (C=O) groups excluding carboxylic acids is 3. The molecule has 4 saturated carbocycles. The zero-order valence-corrected chi connectivity index (χ0v) is 32.3. The van der Waals surface area contributed by atoms with Gasteiger partial charge in [0.2, 0.25) is 5.91 Å². The first-order chi connectivity index (χ1) is 26.0. The van der Waals surface area contributed by atoms with Gasteiger partial charge in [-0.05, 0) is 93.1 Å². The van der Waals surface area contributed by atoms with Crippen LogP contribution < -0.4 is 22.4 Å². The van der Waals surface area contributed by atoms with Crippen molar-refractivity contribution < 1.29 is 48.0 Å². The lowest BCUT2D eigenvalue weighted by Gasteiger charge is -2.64. The highest BCUT2D eigenvalue weighted by Gasteiger charge is 2.85. The van der Waals surface area contributed by atoms with Crippen LogP contribution in [0.15, 0.2) is 32.6 Å². The predicted octanol–water partition coefficient (Wildman–Crippen LogP) is 3.43. The summed E-state index contributed by atoms with van der Waals surface area (Å²) in [7, 11) is 0. The second-order valence-electron chi connectivity index (χ2n) is 17.1. The van der Waals surface area contributed by atoms with Crippen molar-refractivity contribution in [2.75, 3.05) is 6.54 Å². The van der Waals surface area contributed by atoms with Crippen molar-refractivity contribution in [2.45, 2.75) is 159 Å². The second-order valence-corrected chi connectivity index (χ2v) is 17.1. The molecule has 2 heterocycles.